The third kappa shape index (κ3) is 3.94. The van der Waals surface area contributed by atoms with Gasteiger partial charge in [0.25, 0.3) is 5.91 Å². The number of benzene rings is 1. The molecule has 0 radical (unpaired) electrons. The fourth-order valence-electron chi connectivity index (χ4n) is 3.74. The molecule has 0 unspecified atom stereocenters. The fraction of sp³-hybridized carbons (Fsp3) is 0.476. The molecule has 2 heterocycles. The summed E-state index contributed by atoms with van der Waals surface area (Å²) in [5, 5.41) is 7.61. The van der Waals surface area contributed by atoms with Crippen LogP contribution in [-0.4, -0.2) is 70.2 Å². The van der Waals surface area contributed by atoms with Crippen molar-refractivity contribution in [3.05, 3.63) is 47.3 Å². The third-order valence-electron chi connectivity index (χ3n) is 5.48. The van der Waals surface area contributed by atoms with Crippen molar-refractivity contribution in [2.75, 3.05) is 32.7 Å². The lowest BCUT2D eigenvalue weighted by Crippen LogP contribution is -2.51. The standard InChI is InChI=1S/C21H27N5O2/c1-15-20(16(2)26(23-15)18-6-4-3-5-7-18)21(28)25-12-10-24(11-13-25)14-19(27)22-17-8-9-17/h3-7,17H,8-14H2,1-2H3,(H,22,27). The van der Waals surface area contributed by atoms with Gasteiger partial charge in [0.1, 0.15) is 0 Å². The zero-order valence-corrected chi connectivity index (χ0v) is 16.5. The van der Waals surface area contributed by atoms with Gasteiger partial charge in [-0.3, -0.25) is 14.5 Å². The van der Waals surface area contributed by atoms with Gasteiger partial charge in [-0.05, 0) is 38.8 Å². The van der Waals surface area contributed by atoms with Crippen molar-refractivity contribution in [3.8, 4) is 5.69 Å². The smallest absolute Gasteiger partial charge is 0.257 e. The molecule has 1 saturated carbocycles. The quantitative estimate of drug-likeness (QED) is 0.853. The Morgan fingerprint density at radius 2 is 1.75 bits per heavy atom. The first-order chi connectivity index (χ1) is 13.5. The highest BCUT2D eigenvalue weighted by atomic mass is 16.2. The Balaban J connectivity index is 1.40. The van der Waals surface area contributed by atoms with Crippen molar-refractivity contribution in [1.29, 1.82) is 0 Å². The Morgan fingerprint density at radius 1 is 1.07 bits per heavy atom. The number of nitrogens with zero attached hydrogens (tertiary/aromatic N) is 4. The van der Waals surface area contributed by atoms with Crippen molar-refractivity contribution < 1.29 is 9.59 Å². The summed E-state index contributed by atoms with van der Waals surface area (Å²) < 4.78 is 1.83. The van der Waals surface area contributed by atoms with Gasteiger partial charge in [0.2, 0.25) is 5.91 Å². The van der Waals surface area contributed by atoms with Crippen molar-refractivity contribution in [2.24, 2.45) is 0 Å². The molecule has 2 aliphatic rings. The van der Waals surface area contributed by atoms with Crippen LogP contribution in [0.5, 0.6) is 0 Å². The van der Waals surface area contributed by atoms with E-state index >= 15 is 0 Å². The second-order valence-corrected chi connectivity index (χ2v) is 7.70. The number of aromatic nitrogens is 2. The lowest BCUT2D eigenvalue weighted by atomic mass is 10.1. The molecular weight excluding hydrogens is 354 g/mol. The van der Waals surface area contributed by atoms with E-state index in [1.807, 2.05) is 53.8 Å². The fourth-order valence-corrected chi connectivity index (χ4v) is 3.74. The van der Waals surface area contributed by atoms with Crippen molar-refractivity contribution in [3.63, 3.8) is 0 Å². The molecule has 0 atom stereocenters. The third-order valence-corrected chi connectivity index (χ3v) is 5.48. The van der Waals surface area contributed by atoms with Gasteiger partial charge in [-0.2, -0.15) is 5.10 Å². The molecule has 1 saturated heterocycles. The molecule has 2 fully saturated rings. The number of para-hydroxylation sites is 1. The maximum Gasteiger partial charge on any atom is 0.257 e. The molecule has 0 bridgehead atoms. The maximum atomic E-state index is 13.1. The van der Waals surface area contributed by atoms with Crippen LogP contribution in [0.4, 0.5) is 0 Å². The second kappa shape index (κ2) is 7.75. The minimum atomic E-state index is 0.0271. The first-order valence-electron chi connectivity index (χ1n) is 9.95. The molecular formula is C21H27N5O2. The summed E-state index contributed by atoms with van der Waals surface area (Å²) in [6, 6.07) is 10.3. The van der Waals surface area contributed by atoms with Gasteiger partial charge in [-0.1, -0.05) is 18.2 Å². The number of piperazine rings is 1. The minimum absolute atomic E-state index is 0.0271. The average molecular weight is 381 g/mol. The summed E-state index contributed by atoms with van der Waals surface area (Å²) in [7, 11) is 0. The number of amides is 2. The van der Waals surface area contributed by atoms with E-state index in [2.05, 4.69) is 15.3 Å². The molecule has 4 rings (SSSR count). The molecule has 1 aromatic heterocycles. The zero-order chi connectivity index (χ0) is 19.7. The van der Waals surface area contributed by atoms with E-state index < -0.39 is 0 Å². The average Bonchev–Trinajstić information content (AvgIpc) is 3.45. The van der Waals surface area contributed by atoms with Crippen molar-refractivity contribution >= 4 is 11.8 Å². The van der Waals surface area contributed by atoms with Crippen LogP contribution in [0, 0.1) is 13.8 Å². The van der Waals surface area contributed by atoms with E-state index in [4.69, 9.17) is 0 Å². The molecule has 1 aliphatic heterocycles. The molecule has 28 heavy (non-hydrogen) atoms. The number of nitrogens with one attached hydrogen (secondary N) is 1. The van der Waals surface area contributed by atoms with Crippen LogP contribution in [0.15, 0.2) is 30.3 Å². The topological polar surface area (TPSA) is 70.5 Å². The summed E-state index contributed by atoms with van der Waals surface area (Å²) >= 11 is 0. The van der Waals surface area contributed by atoms with E-state index in [-0.39, 0.29) is 11.8 Å². The van der Waals surface area contributed by atoms with Gasteiger partial charge in [0.15, 0.2) is 0 Å². The largest absolute Gasteiger partial charge is 0.352 e. The SMILES string of the molecule is Cc1nn(-c2ccccc2)c(C)c1C(=O)N1CCN(CC(=O)NC2CC2)CC1. The Hall–Kier alpha value is -2.67. The number of hydrogen-bond donors (Lipinski definition) is 1. The predicted octanol–water partition coefficient (Wildman–Crippen LogP) is 1.53. The van der Waals surface area contributed by atoms with Crippen LogP contribution in [-0.2, 0) is 4.79 Å². The van der Waals surface area contributed by atoms with Crippen LogP contribution < -0.4 is 5.32 Å². The molecule has 148 valence electrons. The highest BCUT2D eigenvalue weighted by Gasteiger charge is 2.29. The van der Waals surface area contributed by atoms with Gasteiger partial charge in [0, 0.05) is 32.2 Å². The number of carbonyl (C=O) groups excluding carboxylic acids is 2. The van der Waals surface area contributed by atoms with Gasteiger partial charge in [-0.15, -0.1) is 0 Å². The summed E-state index contributed by atoms with van der Waals surface area (Å²) in [5.41, 5.74) is 3.25. The molecule has 2 amide bonds. The van der Waals surface area contributed by atoms with Gasteiger partial charge >= 0.3 is 0 Å². The van der Waals surface area contributed by atoms with Crippen LogP contribution >= 0.6 is 0 Å². The van der Waals surface area contributed by atoms with Crippen LogP contribution in [0.25, 0.3) is 5.69 Å². The molecule has 1 aromatic carbocycles. The number of carbonyl (C=O) groups is 2. The zero-order valence-electron chi connectivity index (χ0n) is 16.5. The first-order valence-corrected chi connectivity index (χ1v) is 9.95. The predicted molar refractivity (Wildman–Crippen MR) is 107 cm³/mol. The highest BCUT2D eigenvalue weighted by Crippen LogP contribution is 2.21. The van der Waals surface area contributed by atoms with E-state index in [0.717, 1.165) is 43.0 Å². The van der Waals surface area contributed by atoms with Crippen LogP contribution in [0.3, 0.4) is 0 Å². The van der Waals surface area contributed by atoms with E-state index in [9.17, 15) is 9.59 Å². The van der Waals surface area contributed by atoms with Gasteiger partial charge < -0.3 is 10.2 Å². The van der Waals surface area contributed by atoms with Crippen molar-refractivity contribution in [1.82, 2.24) is 24.9 Å². The molecule has 7 nitrogen and oxygen atoms in total. The molecule has 1 N–H and O–H groups in total. The van der Waals surface area contributed by atoms with E-state index in [1.54, 1.807) is 0 Å². The molecule has 1 aliphatic carbocycles. The molecule has 0 spiro atoms. The minimum Gasteiger partial charge on any atom is -0.352 e. The Labute approximate surface area is 165 Å². The van der Waals surface area contributed by atoms with Crippen LogP contribution in [0.2, 0.25) is 0 Å². The van der Waals surface area contributed by atoms with Gasteiger partial charge in [0.05, 0.1) is 29.2 Å². The Kier molecular flexibility index (Phi) is 5.17. The molecule has 7 heteroatoms. The summed E-state index contributed by atoms with van der Waals surface area (Å²) in [6.45, 7) is 6.94. The Bertz CT molecular complexity index is 864. The van der Waals surface area contributed by atoms with E-state index in [1.165, 1.54) is 0 Å². The number of hydrogen-bond acceptors (Lipinski definition) is 4. The van der Waals surface area contributed by atoms with Crippen LogP contribution in [0.1, 0.15) is 34.6 Å². The number of aryl methyl sites for hydroxylation is 1. The highest BCUT2D eigenvalue weighted by molar-refractivity contribution is 5.96. The summed E-state index contributed by atoms with van der Waals surface area (Å²) in [5.74, 6) is 0.123. The molecule has 2 aromatic rings. The normalized spacial score (nSPS) is 17.6. The lowest BCUT2D eigenvalue weighted by molar-refractivity contribution is -0.122. The maximum absolute atomic E-state index is 13.1. The van der Waals surface area contributed by atoms with Gasteiger partial charge in [-0.25, -0.2) is 4.68 Å². The number of rotatable bonds is 5. The summed E-state index contributed by atoms with van der Waals surface area (Å²) in [6.07, 6.45) is 2.20. The summed E-state index contributed by atoms with van der Waals surface area (Å²) in [4.78, 5) is 29.1. The monoisotopic (exact) mass is 381 g/mol. The lowest BCUT2D eigenvalue weighted by Gasteiger charge is -2.34. The van der Waals surface area contributed by atoms with E-state index in [0.29, 0.717) is 31.2 Å². The Morgan fingerprint density at radius 3 is 2.39 bits per heavy atom. The first kappa shape index (κ1) is 18.7. The second-order valence-electron chi connectivity index (χ2n) is 7.70. The van der Waals surface area contributed by atoms with Crippen molar-refractivity contribution in [2.45, 2.75) is 32.7 Å².